The first-order valence-corrected chi connectivity index (χ1v) is 4.11. The topological polar surface area (TPSA) is 38.3 Å². The van der Waals surface area contributed by atoms with Crippen LogP contribution in [-0.2, 0) is 9.53 Å². The van der Waals surface area contributed by atoms with Gasteiger partial charge in [0.1, 0.15) is 5.41 Å². The van der Waals surface area contributed by atoms with Crippen LogP contribution in [0.2, 0.25) is 0 Å². The van der Waals surface area contributed by atoms with Gasteiger partial charge in [0.25, 0.3) is 5.92 Å². The van der Waals surface area contributed by atoms with Gasteiger partial charge in [0.15, 0.2) is 0 Å². The number of alkyl halides is 2. The highest BCUT2D eigenvalue weighted by atomic mass is 19.3. The summed E-state index contributed by atoms with van der Waals surface area (Å²) in [7, 11) is 1.13. The van der Waals surface area contributed by atoms with Crippen molar-refractivity contribution in [2.45, 2.75) is 19.3 Å². The molecule has 0 aromatic rings. The molecule has 1 atom stereocenters. The highest BCUT2D eigenvalue weighted by Gasteiger charge is 2.57. The summed E-state index contributed by atoms with van der Waals surface area (Å²) in [5, 5.41) is 2.55. The standard InChI is InChI=1S/C8H13F2NO2/c1-7(6(12)13-2)3-4-11-5-8(7,9)10/h11H,3-5H2,1-2H3. The lowest BCUT2D eigenvalue weighted by Gasteiger charge is -2.38. The van der Waals surface area contributed by atoms with Crippen molar-refractivity contribution in [2.24, 2.45) is 5.41 Å². The summed E-state index contributed by atoms with van der Waals surface area (Å²) in [6.07, 6.45) is 0.104. The van der Waals surface area contributed by atoms with Gasteiger partial charge in [-0.05, 0) is 19.9 Å². The quantitative estimate of drug-likeness (QED) is 0.626. The zero-order valence-electron chi connectivity index (χ0n) is 7.69. The highest BCUT2D eigenvalue weighted by molar-refractivity contribution is 5.77. The molecule has 13 heavy (non-hydrogen) atoms. The zero-order valence-corrected chi connectivity index (χ0v) is 7.69. The molecule has 0 aromatic carbocycles. The van der Waals surface area contributed by atoms with Gasteiger partial charge in [0, 0.05) is 0 Å². The third kappa shape index (κ3) is 1.52. The Morgan fingerprint density at radius 3 is 2.62 bits per heavy atom. The number of nitrogens with one attached hydrogen (secondary N) is 1. The van der Waals surface area contributed by atoms with E-state index >= 15 is 0 Å². The predicted molar refractivity (Wildman–Crippen MR) is 42.6 cm³/mol. The number of methoxy groups -OCH3 is 1. The van der Waals surface area contributed by atoms with Crippen molar-refractivity contribution in [1.82, 2.24) is 5.32 Å². The van der Waals surface area contributed by atoms with E-state index in [1.54, 1.807) is 0 Å². The molecule has 1 fully saturated rings. The van der Waals surface area contributed by atoms with E-state index in [0.717, 1.165) is 7.11 Å². The molecule has 0 saturated carbocycles. The highest BCUT2D eigenvalue weighted by Crippen LogP contribution is 2.42. The first-order chi connectivity index (χ1) is 5.94. The van der Waals surface area contributed by atoms with E-state index < -0.39 is 23.9 Å². The van der Waals surface area contributed by atoms with Gasteiger partial charge in [-0.2, -0.15) is 0 Å². The van der Waals surface area contributed by atoms with Crippen LogP contribution in [0.15, 0.2) is 0 Å². The van der Waals surface area contributed by atoms with Gasteiger partial charge in [-0.25, -0.2) is 8.78 Å². The van der Waals surface area contributed by atoms with Crippen LogP contribution < -0.4 is 5.32 Å². The van der Waals surface area contributed by atoms with Gasteiger partial charge in [-0.3, -0.25) is 4.79 Å². The summed E-state index contributed by atoms with van der Waals surface area (Å²) in [4.78, 5) is 11.2. The number of hydrogen-bond acceptors (Lipinski definition) is 3. The van der Waals surface area contributed by atoms with Crippen LogP contribution >= 0.6 is 0 Å². The number of halogens is 2. The first kappa shape index (κ1) is 10.4. The third-order valence-electron chi connectivity index (χ3n) is 2.59. The number of carbonyl (C=O) groups is 1. The number of piperidine rings is 1. The maximum absolute atomic E-state index is 13.3. The molecule has 5 heteroatoms. The molecule has 1 heterocycles. The Bertz CT molecular complexity index is 220. The first-order valence-electron chi connectivity index (χ1n) is 4.11. The molecule has 0 aliphatic carbocycles. The summed E-state index contributed by atoms with van der Waals surface area (Å²) < 4.78 is 31.0. The summed E-state index contributed by atoms with van der Waals surface area (Å²) in [6, 6.07) is 0. The molecule has 0 bridgehead atoms. The molecule has 1 aliphatic rings. The van der Waals surface area contributed by atoms with Gasteiger partial charge in [0.2, 0.25) is 0 Å². The molecule has 1 aliphatic heterocycles. The molecule has 0 spiro atoms. The second-order valence-electron chi connectivity index (χ2n) is 3.45. The summed E-state index contributed by atoms with van der Waals surface area (Å²) in [6.45, 7) is 1.21. The molecule has 0 amide bonds. The van der Waals surface area contributed by atoms with E-state index in [-0.39, 0.29) is 6.42 Å². The SMILES string of the molecule is COC(=O)C1(C)CCNCC1(F)F. The monoisotopic (exact) mass is 193 g/mol. The molecule has 1 N–H and O–H groups in total. The molecule has 1 rings (SSSR count). The Kier molecular flexibility index (Phi) is 2.56. The van der Waals surface area contributed by atoms with E-state index in [9.17, 15) is 13.6 Å². The van der Waals surface area contributed by atoms with Gasteiger partial charge in [0.05, 0.1) is 13.7 Å². The Morgan fingerprint density at radius 1 is 1.54 bits per heavy atom. The minimum atomic E-state index is -3.03. The number of rotatable bonds is 1. The lowest BCUT2D eigenvalue weighted by Crippen LogP contribution is -2.56. The molecule has 1 unspecified atom stereocenters. The molecule has 0 radical (unpaired) electrons. The Balaban J connectivity index is 2.90. The van der Waals surface area contributed by atoms with Gasteiger partial charge < -0.3 is 10.1 Å². The second-order valence-corrected chi connectivity index (χ2v) is 3.45. The minimum Gasteiger partial charge on any atom is -0.468 e. The third-order valence-corrected chi connectivity index (χ3v) is 2.59. The lowest BCUT2D eigenvalue weighted by atomic mass is 9.78. The molecular formula is C8H13F2NO2. The number of hydrogen-bond donors (Lipinski definition) is 1. The fourth-order valence-corrected chi connectivity index (χ4v) is 1.44. The Hall–Kier alpha value is -0.710. The number of esters is 1. The van der Waals surface area contributed by atoms with E-state index in [1.165, 1.54) is 6.92 Å². The maximum atomic E-state index is 13.3. The average Bonchev–Trinajstić information content (AvgIpc) is 2.08. The van der Waals surface area contributed by atoms with Crippen LogP contribution in [0.3, 0.4) is 0 Å². The Labute approximate surface area is 75.4 Å². The number of carbonyl (C=O) groups excluding carboxylic acids is 1. The summed E-state index contributed by atoms with van der Waals surface area (Å²) in [5.74, 6) is -3.86. The molecular weight excluding hydrogens is 180 g/mol. The second kappa shape index (κ2) is 3.21. The van der Waals surface area contributed by atoms with Crippen molar-refractivity contribution in [2.75, 3.05) is 20.2 Å². The fourth-order valence-electron chi connectivity index (χ4n) is 1.44. The van der Waals surface area contributed by atoms with Gasteiger partial charge >= 0.3 is 5.97 Å². The zero-order chi connectivity index (χ0) is 10.1. The molecule has 76 valence electrons. The summed E-state index contributed by atoms with van der Waals surface area (Å²) in [5.41, 5.74) is -1.67. The van der Waals surface area contributed by atoms with E-state index in [2.05, 4.69) is 10.1 Å². The van der Waals surface area contributed by atoms with Crippen LogP contribution in [0.1, 0.15) is 13.3 Å². The van der Waals surface area contributed by atoms with Crippen LogP contribution in [0, 0.1) is 5.41 Å². The molecule has 1 saturated heterocycles. The Morgan fingerprint density at radius 2 is 2.15 bits per heavy atom. The van der Waals surface area contributed by atoms with Crippen molar-refractivity contribution in [3.05, 3.63) is 0 Å². The van der Waals surface area contributed by atoms with Crippen LogP contribution in [0.5, 0.6) is 0 Å². The normalized spacial score (nSPS) is 32.6. The van der Waals surface area contributed by atoms with Gasteiger partial charge in [-0.1, -0.05) is 0 Å². The van der Waals surface area contributed by atoms with Crippen molar-refractivity contribution in [3.63, 3.8) is 0 Å². The maximum Gasteiger partial charge on any atom is 0.317 e. The lowest BCUT2D eigenvalue weighted by molar-refractivity contribution is -0.184. The van der Waals surface area contributed by atoms with Crippen molar-refractivity contribution in [1.29, 1.82) is 0 Å². The smallest absolute Gasteiger partial charge is 0.317 e. The predicted octanol–water partition coefficient (Wildman–Crippen LogP) is 0.794. The average molecular weight is 193 g/mol. The van der Waals surface area contributed by atoms with E-state index in [4.69, 9.17) is 0 Å². The molecule has 3 nitrogen and oxygen atoms in total. The summed E-state index contributed by atoms with van der Waals surface area (Å²) >= 11 is 0. The van der Waals surface area contributed by atoms with Crippen LogP contribution in [-0.4, -0.2) is 32.1 Å². The largest absolute Gasteiger partial charge is 0.468 e. The van der Waals surface area contributed by atoms with E-state index in [1.807, 2.05) is 0 Å². The molecule has 0 aromatic heterocycles. The van der Waals surface area contributed by atoms with Crippen LogP contribution in [0.4, 0.5) is 8.78 Å². The van der Waals surface area contributed by atoms with Crippen molar-refractivity contribution < 1.29 is 18.3 Å². The van der Waals surface area contributed by atoms with Crippen molar-refractivity contribution >= 4 is 5.97 Å². The van der Waals surface area contributed by atoms with E-state index in [0.29, 0.717) is 6.54 Å². The number of ether oxygens (including phenoxy) is 1. The fraction of sp³-hybridized carbons (Fsp3) is 0.875. The van der Waals surface area contributed by atoms with Crippen LogP contribution in [0.25, 0.3) is 0 Å². The van der Waals surface area contributed by atoms with Gasteiger partial charge in [-0.15, -0.1) is 0 Å². The van der Waals surface area contributed by atoms with Crippen molar-refractivity contribution in [3.8, 4) is 0 Å². The minimum absolute atomic E-state index is 0.104.